The lowest BCUT2D eigenvalue weighted by Crippen LogP contribution is -2.54. The smallest absolute Gasteiger partial charge is 0.286 e. The molecular weight excluding hydrogens is 568 g/mol. The van der Waals surface area contributed by atoms with E-state index in [0.717, 1.165) is 12.3 Å². The Morgan fingerprint density at radius 2 is 1.90 bits per heavy atom. The zero-order valence-corrected chi connectivity index (χ0v) is 24.0. The number of sulfonamides is 2. The molecule has 0 radical (unpaired) electrons. The van der Waals surface area contributed by atoms with Crippen LogP contribution in [0.5, 0.6) is 0 Å². The van der Waals surface area contributed by atoms with Crippen molar-refractivity contribution >= 4 is 60.1 Å². The molecule has 12 nitrogen and oxygen atoms in total. The van der Waals surface area contributed by atoms with Crippen molar-refractivity contribution in [1.29, 1.82) is 0 Å². The molecule has 0 saturated carbocycles. The van der Waals surface area contributed by atoms with Gasteiger partial charge in [0.15, 0.2) is 11.6 Å². The molecule has 39 heavy (non-hydrogen) atoms. The van der Waals surface area contributed by atoms with Gasteiger partial charge in [-0.15, -0.1) is 4.40 Å². The number of nitrogens with zero attached hydrogens (tertiary/aromatic N) is 1. The van der Waals surface area contributed by atoms with Crippen LogP contribution in [0.2, 0.25) is 0 Å². The number of amidine groups is 1. The second kappa shape index (κ2) is 10.5. The van der Waals surface area contributed by atoms with E-state index in [-0.39, 0.29) is 34.2 Å². The van der Waals surface area contributed by atoms with Crippen molar-refractivity contribution in [2.24, 2.45) is 10.3 Å². The van der Waals surface area contributed by atoms with Gasteiger partial charge in [0.05, 0.1) is 19.1 Å². The first kappa shape index (κ1) is 28.9. The minimum Gasteiger partial charge on any atom is -0.506 e. The van der Waals surface area contributed by atoms with Gasteiger partial charge >= 0.3 is 0 Å². The molecule has 1 aliphatic heterocycles. The molecule has 2 atom stereocenters. The van der Waals surface area contributed by atoms with Crippen LogP contribution in [0.1, 0.15) is 37.8 Å². The zero-order chi connectivity index (χ0) is 28.8. The molecule has 2 aromatic carbocycles. The summed E-state index contributed by atoms with van der Waals surface area (Å²) in [6, 6.07) is 10.3. The number of aliphatic hydroxyl groups excluding tert-OH is 1. The fourth-order valence-electron chi connectivity index (χ4n) is 4.49. The molecule has 0 bridgehead atoms. The van der Waals surface area contributed by atoms with E-state index in [2.05, 4.69) is 19.2 Å². The number of hydrogen-bond donors (Lipinski definition) is 4. The monoisotopic (exact) mass is 596 g/mol. The van der Waals surface area contributed by atoms with Crippen LogP contribution in [-0.4, -0.2) is 51.1 Å². The van der Waals surface area contributed by atoms with E-state index in [9.17, 15) is 30.9 Å². The van der Waals surface area contributed by atoms with Crippen LogP contribution < -0.4 is 14.8 Å². The molecule has 210 valence electrons. The normalized spacial score (nSPS) is 21.1. The summed E-state index contributed by atoms with van der Waals surface area (Å²) in [6.07, 6.45) is 1.59. The van der Waals surface area contributed by atoms with Crippen molar-refractivity contribution in [2.75, 3.05) is 23.4 Å². The first-order valence-electron chi connectivity index (χ1n) is 11.7. The number of Topliss-reactive ketones (excluding diaryl/α,β-unsaturated/α-hetero) is 1. The number of nitrogens with one attached hydrogen (secondary N) is 3. The lowest BCUT2D eigenvalue weighted by atomic mass is 9.72. The van der Waals surface area contributed by atoms with E-state index in [1.54, 1.807) is 24.3 Å². The van der Waals surface area contributed by atoms with Crippen molar-refractivity contribution in [2.45, 2.75) is 37.1 Å². The Labute approximate surface area is 229 Å². The molecule has 0 saturated heterocycles. The molecule has 0 amide bonds. The number of aliphatic hydroxyl groups is 1. The minimum absolute atomic E-state index is 0.00366. The van der Waals surface area contributed by atoms with Crippen LogP contribution in [0.4, 0.5) is 11.4 Å². The molecule has 2 aromatic rings. The van der Waals surface area contributed by atoms with Gasteiger partial charge in [-0.3, -0.25) is 13.7 Å². The Morgan fingerprint density at radius 3 is 2.54 bits per heavy atom. The fraction of sp³-hybridized carbons (Fsp3) is 0.333. The van der Waals surface area contributed by atoms with Gasteiger partial charge in [0.1, 0.15) is 21.8 Å². The number of rotatable bonds is 9. The fourth-order valence-corrected chi connectivity index (χ4v) is 6.87. The van der Waals surface area contributed by atoms with Crippen molar-refractivity contribution in [3.8, 4) is 0 Å². The molecule has 0 aromatic heterocycles. The Morgan fingerprint density at radius 1 is 1.21 bits per heavy atom. The summed E-state index contributed by atoms with van der Waals surface area (Å²) in [6.45, 7) is 3.91. The first-order chi connectivity index (χ1) is 18.2. The standard InChI is InChI=1S/C24H28N4O8S3/c1-14(2)11-12-24(28-37(31)36-3)17-8-6-5-7-16(17)21(29)20(22(24)30)23-25-18-10-9-15(26-38(4,32)33)13-19(18)39(34,35)27-23/h5-10,13-14,26,28-29H,11-12H2,1-4H3,(H,25,27). The maximum Gasteiger partial charge on any atom is 0.286 e. The van der Waals surface area contributed by atoms with Gasteiger partial charge in [-0.1, -0.05) is 38.1 Å². The summed E-state index contributed by atoms with van der Waals surface area (Å²) < 4.78 is 75.9. The van der Waals surface area contributed by atoms with Gasteiger partial charge in [0.25, 0.3) is 10.0 Å². The number of anilines is 2. The van der Waals surface area contributed by atoms with Gasteiger partial charge in [0, 0.05) is 11.3 Å². The first-order valence-corrected chi connectivity index (χ1v) is 16.2. The topological polar surface area (TPSA) is 180 Å². The Bertz CT molecular complexity index is 1650. The quantitative estimate of drug-likeness (QED) is 0.338. The molecular formula is C24H28N4O8S3. The summed E-state index contributed by atoms with van der Waals surface area (Å²) in [5, 5.41) is 14.1. The van der Waals surface area contributed by atoms with E-state index in [0.29, 0.717) is 12.0 Å². The van der Waals surface area contributed by atoms with Gasteiger partial charge in [-0.2, -0.15) is 13.1 Å². The van der Waals surface area contributed by atoms with Crippen molar-refractivity contribution in [3.05, 3.63) is 59.2 Å². The summed E-state index contributed by atoms with van der Waals surface area (Å²) in [4.78, 5) is 13.9. The van der Waals surface area contributed by atoms with Crippen LogP contribution in [0.25, 0.3) is 5.76 Å². The predicted octanol–water partition coefficient (Wildman–Crippen LogP) is 2.57. The number of carbonyl (C=O) groups is 1. The third-order valence-corrected chi connectivity index (χ3v) is 9.00. The van der Waals surface area contributed by atoms with Crippen LogP contribution in [-0.2, 0) is 45.8 Å². The summed E-state index contributed by atoms with van der Waals surface area (Å²) in [5.74, 6) is -1.52. The molecule has 0 fully saturated rings. The average Bonchev–Trinajstić information content (AvgIpc) is 2.85. The highest BCUT2D eigenvalue weighted by molar-refractivity contribution is 7.92. The Kier molecular flexibility index (Phi) is 7.75. The van der Waals surface area contributed by atoms with Crippen LogP contribution >= 0.6 is 0 Å². The molecule has 2 unspecified atom stereocenters. The molecule has 1 heterocycles. The second-order valence-electron chi connectivity index (χ2n) is 9.56. The maximum atomic E-state index is 14.3. The highest BCUT2D eigenvalue weighted by Crippen LogP contribution is 2.43. The van der Waals surface area contributed by atoms with Crippen molar-refractivity contribution in [1.82, 2.24) is 4.72 Å². The minimum atomic E-state index is -4.45. The molecule has 4 rings (SSSR count). The van der Waals surface area contributed by atoms with E-state index >= 15 is 0 Å². The summed E-state index contributed by atoms with van der Waals surface area (Å²) >= 11 is -2.11. The number of carbonyl (C=O) groups excluding carboxylic acids is 1. The van der Waals surface area contributed by atoms with E-state index in [4.69, 9.17) is 4.18 Å². The molecule has 1 aliphatic carbocycles. The number of benzene rings is 2. The van der Waals surface area contributed by atoms with E-state index in [1.807, 2.05) is 13.8 Å². The number of hydrogen-bond acceptors (Lipinski definition) is 9. The van der Waals surface area contributed by atoms with Crippen molar-refractivity contribution in [3.63, 3.8) is 0 Å². The average molecular weight is 597 g/mol. The van der Waals surface area contributed by atoms with Crippen molar-refractivity contribution < 1.29 is 35.1 Å². The Hall–Kier alpha value is -3.11. The van der Waals surface area contributed by atoms with Gasteiger partial charge in [0.2, 0.25) is 21.3 Å². The molecule has 2 aliphatic rings. The SMILES string of the molecule is COS(=O)NC1(CCC(C)C)C(=O)C(C2=NS(=O)(=O)c3cc(NS(C)(=O)=O)ccc3N2)=C(O)c2ccccc21. The Balaban J connectivity index is 1.90. The third-order valence-electron chi connectivity index (χ3n) is 6.26. The van der Waals surface area contributed by atoms with Crippen LogP contribution in [0.3, 0.4) is 0 Å². The van der Waals surface area contributed by atoms with Crippen LogP contribution in [0, 0.1) is 5.92 Å². The van der Waals surface area contributed by atoms with Gasteiger partial charge in [-0.25, -0.2) is 12.6 Å². The molecule has 0 spiro atoms. The third kappa shape index (κ3) is 5.63. The lowest BCUT2D eigenvalue weighted by molar-refractivity contribution is -0.121. The summed E-state index contributed by atoms with van der Waals surface area (Å²) in [7, 11) is -6.92. The second-order valence-corrected chi connectivity index (χ2v) is 13.9. The predicted molar refractivity (Wildman–Crippen MR) is 148 cm³/mol. The van der Waals surface area contributed by atoms with Gasteiger partial charge < -0.3 is 10.4 Å². The highest BCUT2D eigenvalue weighted by Gasteiger charge is 2.50. The number of ketones is 1. The summed E-state index contributed by atoms with van der Waals surface area (Å²) in [5.41, 5.74) is -1.43. The van der Waals surface area contributed by atoms with E-state index in [1.165, 1.54) is 19.2 Å². The lowest BCUT2D eigenvalue weighted by Gasteiger charge is -2.39. The molecule has 15 heteroatoms. The number of fused-ring (bicyclic) bond motifs is 2. The van der Waals surface area contributed by atoms with Gasteiger partial charge in [-0.05, 0) is 42.5 Å². The highest BCUT2D eigenvalue weighted by atomic mass is 32.2. The largest absolute Gasteiger partial charge is 0.506 e. The van der Waals surface area contributed by atoms with E-state index < -0.39 is 59.8 Å². The van der Waals surface area contributed by atoms with Crippen LogP contribution in [0.15, 0.2) is 57.3 Å². The molecule has 4 N–H and O–H groups in total. The zero-order valence-electron chi connectivity index (χ0n) is 21.5. The maximum absolute atomic E-state index is 14.3.